The Morgan fingerprint density at radius 2 is 1.91 bits per heavy atom. The summed E-state index contributed by atoms with van der Waals surface area (Å²) in [7, 11) is 1.94. The summed E-state index contributed by atoms with van der Waals surface area (Å²) in [5, 5.41) is 4.27. The van der Waals surface area contributed by atoms with Gasteiger partial charge in [-0.1, -0.05) is 23.2 Å². The minimum atomic E-state index is 0.414. The minimum absolute atomic E-state index is 0.414. The lowest BCUT2D eigenvalue weighted by Gasteiger charge is -2.20. The Morgan fingerprint density at radius 3 is 2.61 bits per heavy atom. The minimum Gasteiger partial charge on any atom is -0.372 e. The molecule has 0 saturated heterocycles. The molecule has 0 aliphatic heterocycles. The highest BCUT2D eigenvalue weighted by Gasteiger charge is 2.13. The van der Waals surface area contributed by atoms with Crippen molar-refractivity contribution >= 4 is 46.3 Å². The number of rotatable bonds is 6. The van der Waals surface area contributed by atoms with Crippen molar-refractivity contribution < 1.29 is 0 Å². The van der Waals surface area contributed by atoms with E-state index in [9.17, 15) is 0 Å². The highest BCUT2D eigenvalue weighted by Crippen LogP contribution is 2.28. The largest absolute Gasteiger partial charge is 0.372 e. The first-order valence-corrected chi connectivity index (χ1v) is 8.38. The second-order valence-electron chi connectivity index (χ2n) is 5.07. The highest BCUT2D eigenvalue weighted by atomic mass is 35.5. The number of nitrogens with one attached hydrogen (secondary N) is 1. The molecule has 0 aliphatic carbocycles. The van der Waals surface area contributed by atoms with E-state index in [2.05, 4.69) is 20.3 Å². The average molecular weight is 375 g/mol. The first-order chi connectivity index (χ1) is 10.9. The van der Waals surface area contributed by atoms with Gasteiger partial charge in [0.25, 0.3) is 0 Å². The zero-order chi connectivity index (χ0) is 17.0. The van der Waals surface area contributed by atoms with E-state index in [-0.39, 0.29) is 0 Å². The maximum Gasteiger partial charge on any atom is 0.149 e. The lowest BCUT2D eigenvalue weighted by Crippen LogP contribution is -2.20. The van der Waals surface area contributed by atoms with Gasteiger partial charge in [-0.3, -0.25) is 4.98 Å². The Balaban J connectivity index is 2.20. The van der Waals surface area contributed by atoms with Crippen LogP contribution < -0.4 is 10.2 Å². The molecule has 2 heterocycles. The van der Waals surface area contributed by atoms with E-state index in [1.165, 1.54) is 0 Å². The number of alkyl halides is 1. The molecule has 0 bridgehead atoms. The third kappa shape index (κ3) is 4.37. The van der Waals surface area contributed by atoms with Gasteiger partial charge in [0.15, 0.2) is 0 Å². The molecule has 1 N–H and O–H groups in total. The Kier molecular flexibility index (Phi) is 6.27. The van der Waals surface area contributed by atoms with Crippen LogP contribution in [-0.4, -0.2) is 34.4 Å². The van der Waals surface area contributed by atoms with Gasteiger partial charge in [0.1, 0.15) is 16.7 Å². The lowest BCUT2D eigenvalue weighted by atomic mass is 10.3. The van der Waals surface area contributed by atoms with Crippen molar-refractivity contribution in [3.8, 4) is 0 Å². The normalized spacial score (nSPS) is 10.7. The third-order valence-electron chi connectivity index (χ3n) is 3.32. The van der Waals surface area contributed by atoms with Crippen LogP contribution in [-0.2, 0) is 6.54 Å². The molecule has 124 valence electrons. The van der Waals surface area contributed by atoms with Gasteiger partial charge in [-0.25, -0.2) is 9.97 Å². The van der Waals surface area contributed by atoms with E-state index in [0.29, 0.717) is 40.7 Å². The molecule has 2 aromatic rings. The fourth-order valence-electron chi connectivity index (χ4n) is 2.12. The zero-order valence-corrected chi connectivity index (χ0v) is 15.5. The Hall–Kier alpha value is -1.30. The van der Waals surface area contributed by atoms with Crippen LogP contribution in [0, 0.1) is 13.8 Å². The van der Waals surface area contributed by atoms with E-state index in [4.69, 9.17) is 34.8 Å². The summed E-state index contributed by atoms with van der Waals surface area (Å²) >= 11 is 18.5. The molecule has 5 nitrogen and oxygen atoms in total. The van der Waals surface area contributed by atoms with Crippen LogP contribution in [0.2, 0.25) is 10.0 Å². The maximum atomic E-state index is 6.45. The zero-order valence-electron chi connectivity index (χ0n) is 13.2. The fourth-order valence-corrected chi connectivity index (χ4v) is 2.85. The Labute approximate surface area is 151 Å². The summed E-state index contributed by atoms with van der Waals surface area (Å²) < 4.78 is 0. The number of hydrogen-bond donors (Lipinski definition) is 1. The van der Waals surface area contributed by atoms with Crippen molar-refractivity contribution in [3.63, 3.8) is 0 Å². The summed E-state index contributed by atoms with van der Waals surface area (Å²) in [6.45, 7) is 4.78. The number of halogens is 3. The summed E-state index contributed by atoms with van der Waals surface area (Å²) in [5.74, 6) is 1.76. The van der Waals surface area contributed by atoms with Crippen LogP contribution in [0.4, 0.5) is 11.5 Å². The summed E-state index contributed by atoms with van der Waals surface area (Å²) in [6, 6.07) is 1.87. The second kappa shape index (κ2) is 7.99. The van der Waals surface area contributed by atoms with Gasteiger partial charge in [-0.15, -0.1) is 11.6 Å². The topological polar surface area (TPSA) is 53.9 Å². The van der Waals surface area contributed by atoms with Crippen LogP contribution >= 0.6 is 34.8 Å². The monoisotopic (exact) mass is 373 g/mol. The quantitative estimate of drug-likeness (QED) is 0.772. The van der Waals surface area contributed by atoms with Crippen LogP contribution in [0.1, 0.15) is 17.2 Å². The molecule has 0 radical (unpaired) electrons. The van der Waals surface area contributed by atoms with Gasteiger partial charge < -0.3 is 10.2 Å². The van der Waals surface area contributed by atoms with Gasteiger partial charge in [-0.2, -0.15) is 0 Å². The molecule has 23 heavy (non-hydrogen) atoms. The van der Waals surface area contributed by atoms with Gasteiger partial charge in [0.05, 0.1) is 28.6 Å². The van der Waals surface area contributed by atoms with Gasteiger partial charge >= 0.3 is 0 Å². The van der Waals surface area contributed by atoms with Crippen molar-refractivity contribution in [1.82, 2.24) is 15.0 Å². The molecule has 0 atom stereocenters. The molecule has 0 fully saturated rings. The van der Waals surface area contributed by atoms with Crippen molar-refractivity contribution in [1.29, 1.82) is 0 Å². The first kappa shape index (κ1) is 18.0. The fraction of sp³-hybridized carbons (Fsp3) is 0.400. The number of aromatic nitrogens is 3. The molecule has 0 amide bonds. The van der Waals surface area contributed by atoms with Crippen LogP contribution in [0.3, 0.4) is 0 Å². The molecule has 0 spiro atoms. The van der Waals surface area contributed by atoms with Crippen LogP contribution in [0.5, 0.6) is 0 Å². The molecule has 0 saturated carbocycles. The van der Waals surface area contributed by atoms with Crippen molar-refractivity contribution in [2.24, 2.45) is 0 Å². The van der Waals surface area contributed by atoms with E-state index >= 15 is 0 Å². The van der Waals surface area contributed by atoms with Crippen molar-refractivity contribution in [2.75, 3.05) is 29.7 Å². The number of hydrogen-bond acceptors (Lipinski definition) is 5. The average Bonchev–Trinajstić information content (AvgIpc) is 2.50. The molecule has 8 heteroatoms. The first-order valence-electron chi connectivity index (χ1n) is 7.09. The van der Waals surface area contributed by atoms with E-state index < -0.39 is 0 Å². The van der Waals surface area contributed by atoms with E-state index in [0.717, 1.165) is 17.1 Å². The molecule has 2 rings (SSSR count). The molecule has 0 aromatic carbocycles. The van der Waals surface area contributed by atoms with Crippen molar-refractivity contribution in [2.45, 2.75) is 20.4 Å². The van der Waals surface area contributed by atoms with Crippen LogP contribution in [0.25, 0.3) is 0 Å². The van der Waals surface area contributed by atoms with Gasteiger partial charge in [0, 0.05) is 25.7 Å². The van der Waals surface area contributed by atoms with E-state index in [1.54, 1.807) is 6.20 Å². The molecule has 2 aromatic heterocycles. The Bertz CT molecular complexity index is 693. The predicted octanol–water partition coefficient (Wildman–Crippen LogP) is 4.08. The number of aryl methyl sites for hydroxylation is 2. The molecular formula is C15H18Cl3N5. The molecule has 0 aliphatic rings. The number of anilines is 2. The smallest absolute Gasteiger partial charge is 0.149 e. The SMILES string of the molecule is Cc1nc(C)c(Cl)c(NCc2nccc(N(C)CCCl)c2Cl)n1. The van der Waals surface area contributed by atoms with Crippen LogP contribution in [0.15, 0.2) is 12.3 Å². The number of nitrogens with zero attached hydrogens (tertiary/aromatic N) is 4. The summed E-state index contributed by atoms with van der Waals surface area (Å²) in [6.07, 6.45) is 1.72. The molecular weight excluding hydrogens is 357 g/mol. The van der Waals surface area contributed by atoms with Gasteiger partial charge in [-0.05, 0) is 19.9 Å². The maximum absolute atomic E-state index is 6.45. The van der Waals surface area contributed by atoms with Gasteiger partial charge in [0.2, 0.25) is 0 Å². The predicted molar refractivity (Wildman–Crippen MR) is 97.1 cm³/mol. The second-order valence-corrected chi connectivity index (χ2v) is 6.21. The highest BCUT2D eigenvalue weighted by molar-refractivity contribution is 6.34. The number of pyridine rings is 1. The summed E-state index contributed by atoms with van der Waals surface area (Å²) in [5.41, 5.74) is 2.34. The van der Waals surface area contributed by atoms with E-state index in [1.807, 2.05) is 31.9 Å². The molecule has 0 unspecified atom stereocenters. The summed E-state index contributed by atoms with van der Waals surface area (Å²) in [4.78, 5) is 14.9. The Morgan fingerprint density at radius 1 is 1.17 bits per heavy atom. The standard InChI is InChI=1S/C15H18Cl3N5/c1-9-13(17)15(22-10(2)21-9)20-8-11-14(18)12(4-6-19-11)23(3)7-5-16/h4,6H,5,7-8H2,1-3H3,(H,20,21,22). The van der Waals surface area contributed by atoms with Crippen molar-refractivity contribution in [3.05, 3.63) is 39.5 Å². The lowest BCUT2D eigenvalue weighted by molar-refractivity contribution is 0.949. The third-order valence-corrected chi connectivity index (χ3v) is 4.36.